The summed E-state index contributed by atoms with van der Waals surface area (Å²) in [6.07, 6.45) is -2.46. The van der Waals surface area contributed by atoms with Crippen LogP contribution in [0, 0.1) is 0 Å². The van der Waals surface area contributed by atoms with Crippen molar-refractivity contribution in [1.82, 2.24) is 0 Å². The molecule has 0 bridgehead atoms. The molecule has 0 aliphatic rings. The van der Waals surface area contributed by atoms with Gasteiger partial charge in [0.05, 0.1) is 0 Å². The smallest absolute Gasteiger partial charge is 0.332 e. The summed E-state index contributed by atoms with van der Waals surface area (Å²) in [5.41, 5.74) is 0. The number of carbonyl (C=O) groups is 2. The number of hydrogen-bond donors (Lipinski definition) is 4. The molecule has 0 amide bonds. The molecule has 16 heavy (non-hydrogen) atoms. The van der Waals surface area contributed by atoms with Gasteiger partial charge in [0.1, 0.15) is 12.2 Å². The third kappa shape index (κ3) is 37.7. The maximum Gasteiger partial charge on any atom is 0.332 e. The van der Waals surface area contributed by atoms with E-state index in [2.05, 4.69) is 0 Å². The van der Waals surface area contributed by atoms with E-state index in [1.165, 1.54) is 13.8 Å². The molecule has 0 radical (unpaired) electrons. The summed E-state index contributed by atoms with van der Waals surface area (Å²) >= 11 is 0. The Morgan fingerprint density at radius 3 is 0.875 bits per heavy atom. The number of aliphatic hydroxyl groups is 2. The van der Waals surface area contributed by atoms with Crippen LogP contribution < -0.4 is 0 Å². The molecule has 10 N–H and O–H groups in total. The first-order chi connectivity index (χ1) is 5.29. The minimum Gasteiger partial charge on any atom is -0.479 e. The molecule has 9 nitrogen and oxygen atoms in total. The second-order valence-corrected chi connectivity index (χ2v) is 2.03. The van der Waals surface area contributed by atoms with Crippen molar-refractivity contribution in [3.63, 3.8) is 0 Å². The van der Waals surface area contributed by atoms with Crippen LogP contribution in [0.25, 0.3) is 0 Å². The van der Waals surface area contributed by atoms with Gasteiger partial charge in [0.15, 0.2) is 0 Å². The number of hydrogen-bond acceptors (Lipinski definition) is 4. The fourth-order valence-electron chi connectivity index (χ4n) is 0. The fourth-order valence-corrected chi connectivity index (χ4v) is 0. The topological polar surface area (TPSA) is 210 Å². The average Bonchev–Trinajstić information content (AvgIpc) is 1.88. The molecule has 0 aliphatic carbocycles. The average molecular weight is 300 g/mol. The summed E-state index contributed by atoms with van der Waals surface area (Å²) in [6.45, 7) is 2.39. The molecule has 2 atom stereocenters. The standard InChI is InChI=1S/2C3H6O3.3H2O.Zn/c2*1-2(4)3(5)6;;;;/h2*2,4H,1H3,(H,5,6);3*1H2;. The number of rotatable bonds is 2. The molecule has 0 aromatic carbocycles. The summed E-state index contributed by atoms with van der Waals surface area (Å²) < 4.78 is 0. The Morgan fingerprint density at radius 2 is 0.875 bits per heavy atom. The van der Waals surface area contributed by atoms with Crippen molar-refractivity contribution in [1.29, 1.82) is 0 Å². The zero-order valence-electron chi connectivity index (χ0n) is 8.97. The SMILES string of the molecule is CC(O)C(=O)O.CC(O)C(=O)O.O.O.O.[Zn]. The second-order valence-electron chi connectivity index (χ2n) is 2.03. The van der Waals surface area contributed by atoms with Gasteiger partial charge in [-0.05, 0) is 13.8 Å². The summed E-state index contributed by atoms with van der Waals surface area (Å²) in [5, 5.41) is 31.5. The molecule has 98 valence electrons. The Balaban J connectivity index is -0.0000000250. The van der Waals surface area contributed by atoms with Crippen LogP contribution in [0.15, 0.2) is 0 Å². The van der Waals surface area contributed by atoms with E-state index < -0.39 is 24.1 Å². The molecular weight excluding hydrogens is 281 g/mol. The van der Waals surface area contributed by atoms with Crippen molar-refractivity contribution in [3.05, 3.63) is 0 Å². The molecule has 0 aliphatic heterocycles. The van der Waals surface area contributed by atoms with Crippen molar-refractivity contribution in [2.24, 2.45) is 0 Å². The quantitative estimate of drug-likeness (QED) is 0.378. The third-order valence-corrected chi connectivity index (χ3v) is 0.715. The zero-order valence-corrected chi connectivity index (χ0v) is 11.9. The maximum atomic E-state index is 9.45. The first kappa shape index (κ1) is 36.2. The molecular formula is C6H18O9Zn. The second kappa shape index (κ2) is 19.9. The van der Waals surface area contributed by atoms with Gasteiger partial charge in [-0.1, -0.05) is 0 Å². The monoisotopic (exact) mass is 298 g/mol. The Hall–Kier alpha value is -0.637. The van der Waals surface area contributed by atoms with Crippen LogP contribution in [0.2, 0.25) is 0 Å². The third-order valence-electron chi connectivity index (χ3n) is 0.715. The van der Waals surface area contributed by atoms with Crippen LogP contribution in [-0.4, -0.2) is 61.0 Å². The molecule has 0 saturated carbocycles. The van der Waals surface area contributed by atoms with E-state index in [0.29, 0.717) is 0 Å². The zero-order chi connectivity index (χ0) is 10.3. The summed E-state index contributed by atoms with van der Waals surface area (Å²) in [5.74, 6) is -2.37. The number of aliphatic hydroxyl groups excluding tert-OH is 2. The Kier molecular flexibility index (Phi) is 44.9. The van der Waals surface area contributed by atoms with Crippen molar-refractivity contribution < 1.29 is 65.9 Å². The van der Waals surface area contributed by atoms with Crippen molar-refractivity contribution in [2.45, 2.75) is 26.1 Å². The predicted octanol–water partition coefficient (Wildman–Crippen LogP) is -3.57. The predicted molar refractivity (Wildman–Crippen MR) is 49.5 cm³/mol. The van der Waals surface area contributed by atoms with Crippen LogP contribution in [0.1, 0.15) is 13.8 Å². The largest absolute Gasteiger partial charge is 0.479 e. The van der Waals surface area contributed by atoms with E-state index in [4.69, 9.17) is 20.4 Å². The normalized spacial score (nSPS) is 10.2. The van der Waals surface area contributed by atoms with E-state index in [-0.39, 0.29) is 35.9 Å². The van der Waals surface area contributed by atoms with E-state index in [0.717, 1.165) is 0 Å². The van der Waals surface area contributed by atoms with Crippen LogP contribution in [-0.2, 0) is 29.1 Å². The maximum absolute atomic E-state index is 9.45. The summed E-state index contributed by atoms with van der Waals surface area (Å²) in [6, 6.07) is 0. The number of aliphatic carboxylic acids is 2. The Labute approximate surface area is 104 Å². The summed E-state index contributed by atoms with van der Waals surface area (Å²) in [7, 11) is 0. The molecule has 0 aromatic rings. The molecule has 0 spiro atoms. The van der Waals surface area contributed by atoms with Crippen molar-refractivity contribution >= 4 is 11.9 Å². The van der Waals surface area contributed by atoms with Gasteiger partial charge in [-0.15, -0.1) is 0 Å². The Morgan fingerprint density at radius 1 is 0.812 bits per heavy atom. The van der Waals surface area contributed by atoms with E-state index in [9.17, 15) is 9.59 Å². The van der Waals surface area contributed by atoms with E-state index in [1.54, 1.807) is 0 Å². The van der Waals surface area contributed by atoms with Gasteiger partial charge in [-0.2, -0.15) is 0 Å². The van der Waals surface area contributed by atoms with Gasteiger partial charge < -0.3 is 36.9 Å². The molecule has 0 saturated heterocycles. The van der Waals surface area contributed by atoms with Gasteiger partial charge in [-0.3, -0.25) is 0 Å². The number of carboxylic acid groups (broad SMARTS) is 2. The van der Waals surface area contributed by atoms with E-state index >= 15 is 0 Å². The first-order valence-electron chi connectivity index (χ1n) is 3.10. The van der Waals surface area contributed by atoms with Gasteiger partial charge in [0.25, 0.3) is 0 Å². The van der Waals surface area contributed by atoms with Crippen LogP contribution in [0.3, 0.4) is 0 Å². The van der Waals surface area contributed by atoms with Gasteiger partial charge in [0.2, 0.25) is 0 Å². The minimum absolute atomic E-state index is 0. The Bertz CT molecular complexity index is 140. The van der Waals surface area contributed by atoms with Gasteiger partial charge >= 0.3 is 11.9 Å². The molecule has 2 unspecified atom stereocenters. The van der Waals surface area contributed by atoms with Crippen LogP contribution in [0.5, 0.6) is 0 Å². The summed E-state index contributed by atoms with van der Waals surface area (Å²) in [4.78, 5) is 18.9. The molecule has 0 aromatic heterocycles. The molecule has 0 fully saturated rings. The molecule has 10 heteroatoms. The molecule has 0 heterocycles. The first-order valence-corrected chi connectivity index (χ1v) is 3.10. The minimum atomic E-state index is -1.23. The van der Waals surface area contributed by atoms with Crippen molar-refractivity contribution in [2.75, 3.05) is 0 Å². The van der Waals surface area contributed by atoms with Gasteiger partial charge in [-0.25, -0.2) is 9.59 Å². The number of carboxylic acids is 2. The van der Waals surface area contributed by atoms with Crippen molar-refractivity contribution in [3.8, 4) is 0 Å². The van der Waals surface area contributed by atoms with Gasteiger partial charge in [0, 0.05) is 19.5 Å². The van der Waals surface area contributed by atoms with E-state index in [1.807, 2.05) is 0 Å². The van der Waals surface area contributed by atoms with Crippen LogP contribution in [0.4, 0.5) is 0 Å². The molecule has 0 rings (SSSR count). The fraction of sp³-hybridized carbons (Fsp3) is 0.667. The van der Waals surface area contributed by atoms with Crippen LogP contribution >= 0.6 is 0 Å².